The van der Waals surface area contributed by atoms with Crippen LogP contribution in [0.2, 0.25) is 0 Å². The predicted octanol–water partition coefficient (Wildman–Crippen LogP) is 1.92. The molecule has 0 unspecified atom stereocenters. The van der Waals surface area contributed by atoms with Crippen LogP contribution >= 0.6 is 22.9 Å². The third kappa shape index (κ3) is 5.17. The number of thiazole rings is 1. The minimum Gasteiger partial charge on any atom is -0.295 e. The number of unbranched alkanes of at least 4 members (excludes halogenated alkanes) is 1. The van der Waals surface area contributed by atoms with E-state index >= 15 is 0 Å². The Morgan fingerprint density at radius 1 is 1.29 bits per heavy atom. The number of hydrogen-bond donors (Lipinski definition) is 0. The van der Waals surface area contributed by atoms with Gasteiger partial charge in [-0.2, -0.15) is 4.31 Å². The first-order valence-corrected chi connectivity index (χ1v) is 10.2. The molecule has 0 spiro atoms. The van der Waals surface area contributed by atoms with Crippen molar-refractivity contribution >= 4 is 33.0 Å². The first kappa shape index (κ1) is 17.1. The molecule has 2 heterocycles. The molecule has 0 saturated carbocycles. The highest BCUT2D eigenvalue weighted by molar-refractivity contribution is 7.89. The zero-order valence-corrected chi connectivity index (χ0v) is 14.7. The average Bonchev–Trinajstić information content (AvgIpc) is 2.85. The van der Waals surface area contributed by atoms with Gasteiger partial charge in [-0.15, -0.1) is 22.9 Å². The minimum absolute atomic E-state index is 0.213. The highest BCUT2D eigenvalue weighted by Gasteiger charge is 2.26. The molecule has 1 aromatic rings. The van der Waals surface area contributed by atoms with E-state index < -0.39 is 10.0 Å². The molecular formula is C13H22ClN3O2S2. The van der Waals surface area contributed by atoms with Gasteiger partial charge in [0.2, 0.25) is 10.0 Å². The van der Waals surface area contributed by atoms with Gasteiger partial charge in [0.05, 0.1) is 16.5 Å². The fraction of sp³-hybridized carbons (Fsp3) is 0.769. The molecule has 0 amide bonds. The highest BCUT2D eigenvalue weighted by Crippen LogP contribution is 2.14. The number of alkyl halides is 1. The van der Waals surface area contributed by atoms with Crippen LogP contribution in [0.1, 0.15) is 23.5 Å². The van der Waals surface area contributed by atoms with E-state index in [4.69, 9.17) is 11.6 Å². The number of sulfonamides is 1. The molecule has 120 valence electrons. The Bertz CT molecular complexity index is 539. The maximum absolute atomic E-state index is 12.2. The molecule has 0 N–H and O–H groups in total. The standard InChI is InChI=1S/C13H22ClN3O2S2/c1-12-15-13(11-20-12)10-16-5-7-17(8-6-16)21(18,19)9-3-2-4-14/h11H,2-10H2,1H3. The van der Waals surface area contributed by atoms with Crippen molar-refractivity contribution in [3.63, 3.8) is 0 Å². The molecule has 0 bridgehead atoms. The number of rotatable bonds is 7. The molecule has 2 rings (SSSR count). The van der Waals surface area contributed by atoms with E-state index in [2.05, 4.69) is 15.3 Å². The number of halogens is 1. The minimum atomic E-state index is -3.11. The van der Waals surface area contributed by atoms with Gasteiger partial charge in [-0.3, -0.25) is 4.90 Å². The Hall–Kier alpha value is -0.210. The lowest BCUT2D eigenvalue weighted by atomic mass is 10.3. The van der Waals surface area contributed by atoms with E-state index in [0.29, 0.717) is 25.4 Å². The zero-order valence-electron chi connectivity index (χ0n) is 12.3. The van der Waals surface area contributed by atoms with Crippen molar-refractivity contribution in [1.82, 2.24) is 14.2 Å². The Kier molecular flexibility index (Phi) is 6.43. The van der Waals surface area contributed by atoms with E-state index in [1.165, 1.54) is 0 Å². The summed E-state index contributed by atoms with van der Waals surface area (Å²) in [6.07, 6.45) is 1.40. The molecule has 1 saturated heterocycles. The third-order valence-electron chi connectivity index (χ3n) is 3.56. The summed E-state index contributed by atoms with van der Waals surface area (Å²) >= 11 is 7.25. The Morgan fingerprint density at radius 3 is 2.57 bits per heavy atom. The van der Waals surface area contributed by atoms with Crippen molar-refractivity contribution in [2.24, 2.45) is 0 Å². The molecule has 0 aromatic carbocycles. The number of piperazine rings is 1. The summed E-state index contributed by atoms with van der Waals surface area (Å²) in [4.78, 5) is 6.72. The topological polar surface area (TPSA) is 53.5 Å². The van der Waals surface area contributed by atoms with Crippen molar-refractivity contribution in [1.29, 1.82) is 0 Å². The number of aromatic nitrogens is 1. The molecule has 5 nitrogen and oxygen atoms in total. The first-order valence-electron chi connectivity index (χ1n) is 7.18. The van der Waals surface area contributed by atoms with Crippen molar-refractivity contribution in [3.05, 3.63) is 16.1 Å². The lowest BCUT2D eigenvalue weighted by molar-refractivity contribution is 0.180. The summed E-state index contributed by atoms with van der Waals surface area (Å²) in [5, 5.41) is 3.15. The van der Waals surface area contributed by atoms with E-state index in [1.54, 1.807) is 15.6 Å². The summed E-state index contributed by atoms with van der Waals surface area (Å²) in [6, 6.07) is 0. The van der Waals surface area contributed by atoms with Crippen LogP contribution in [0.15, 0.2) is 5.38 Å². The second kappa shape index (κ2) is 7.87. The van der Waals surface area contributed by atoms with Gasteiger partial charge < -0.3 is 0 Å². The van der Waals surface area contributed by atoms with Crippen LogP contribution in [0.4, 0.5) is 0 Å². The molecular weight excluding hydrogens is 330 g/mol. The Labute approximate surface area is 136 Å². The van der Waals surface area contributed by atoms with E-state index in [9.17, 15) is 8.42 Å². The maximum atomic E-state index is 12.2. The van der Waals surface area contributed by atoms with Crippen LogP contribution < -0.4 is 0 Å². The van der Waals surface area contributed by atoms with Crippen molar-refractivity contribution in [3.8, 4) is 0 Å². The van der Waals surface area contributed by atoms with Crippen LogP contribution in [0, 0.1) is 6.92 Å². The van der Waals surface area contributed by atoms with E-state index in [1.807, 2.05) is 6.92 Å². The van der Waals surface area contributed by atoms with Crippen molar-refractivity contribution < 1.29 is 8.42 Å². The molecule has 1 aliphatic rings. The van der Waals surface area contributed by atoms with Crippen molar-refractivity contribution in [2.45, 2.75) is 26.3 Å². The van der Waals surface area contributed by atoms with Crippen LogP contribution in [0.3, 0.4) is 0 Å². The summed E-state index contributed by atoms with van der Waals surface area (Å²) in [5.74, 6) is 0.737. The van der Waals surface area contributed by atoms with Crippen LogP contribution in [-0.4, -0.2) is 60.4 Å². The Balaban J connectivity index is 1.79. The van der Waals surface area contributed by atoms with Gasteiger partial charge in [0.25, 0.3) is 0 Å². The zero-order chi connectivity index (χ0) is 15.3. The van der Waals surface area contributed by atoms with Crippen LogP contribution in [-0.2, 0) is 16.6 Å². The molecule has 1 fully saturated rings. The van der Waals surface area contributed by atoms with E-state index in [0.717, 1.165) is 36.8 Å². The Morgan fingerprint density at radius 2 is 2.00 bits per heavy atom. The summed E-state index contributed by atoms with van der Waals surface area (Å²) < 4.78 is 26.0. The van der Waals surface area contributed by atoms with Gasteiger partial charge in [-0.25, -0.2) is 13.4 Å². The average molecular weight is 352 g/mol. The normalized spacial score (nSPS) is 18.2. The quantitative estimate of drug-likeness (QED) is 0.556. The van der Waals surface area contributed by atoms with Gasteiger partial charge in [-0.1, -0.05) is 0 Å². The number of aryl methyl sites for hydroxylation is 1. The first-order chi connectivity index (χ1) is 10.0. The fourth-order valence-electron chi connectivity index (χ4n) is 2.38. The lowest BCUT2D eigenvalue weighted by Crippen LogP contribution is -2.48. The van der Waals surface area contributed by atoms with Gasteiger partial charge in [0.1, 0.15) is 0 Å². The second-order valence-electron chi connectivity index (χ2n) is 5.25. The summed E-state index contributed by atoms with van der Waals surface area (Å²) in [5.41, 5.74) is 1.08. The fourth-order valence-corrected chi connectivity index (χ4v) is 4.72. The molecule has 1 aromatic heterocycles. The molecule has 8 heteroatoms. The van der Waals surface area contributed by atoms with Gasteiger partial charge in [0.15, 0.2) is 0 Å². The number of nitrogens with zero attached hydrogens (tertiary/aromatic N) is 3. The lowest BCUT2D eigenvalue weighted by Gasteiger charge is -2.33. The number of hydrogen-bond acceptors (Lipinski definition) is 5. The van der Waals surface area contributed by atoms with Crippen LogP contribution in [0.5, 0.6) is 0 Å². The monoisotopic (exact) mass is 351 g/mol. The maximum Gasteiger partial charge on any atom is 0.214 e. The molecule has 0 aliphatic carbocycles. The predicted molar refractivity (Wildman–Crippen MR) is 87.4 cm³/mol. The third-order valence-corrected chi connectivity index (χ3v) is 6.61. The van der Waals surface area contributed by atoms with E-state index in [-0.39, 0.29) is 5.75 Å². The SMILES string of the molecule is Cc1nc(CN2CCN(S(=O)(=O)CCCCCl)CC2)cs1. The second-order valence-corrected chi connectivity index (χ2v) is 8.77. The molecule has 0 atom stereocenters. The summed E-state index contributed by atoms with van der Waals surface area (Å²) in [7, 11) is -3.11. The van der Waals surface area contributed by atoms with Gasteiger partial charge in [0, 0.05) is 44.0 Å². The van der Waals surface area contributed by atoms with Gasteiger partial charge in [-0.05, 0) is 19.8 Å². The molecule has 0 radical (unpaired) electrons. The largest absolute Gasteiger partial charge is 0.295 e. The van der Waals surface area contributed by atoms with Gasteiger partial charge >= 0.3 is 0 Å². The highest BCUT2D eigenvalue weighted by atomic mass is 35.5. The smallest absolute Gasteiger partial charge is 0.214 e. The molecule has 21 heavy (non-hydrogen) atoms. The molecule has 1 aliphatic heterocycles. The van der Waals surface area contributed by atoms with Crippen molar-refractivity contribution in [2.75, 3.05) is 37.8 Å². The summed E-state index contributed by atoms with van der Waals surface area (Å²) in [6.45, 7) is 5.50. The van der Waals surface area contributed by atoms with Crippen LogP contribution in [0.25, 0.3) is 0 Å².